The van der Waals surface area contributed by atoms with E-state index < -0.39 is 0 Å². The van der Waals surface area contributed by atoms with Gasteiger partial charge in [-0.15, -0.1) is 0 Å². The van der Waals surface area contributed by atoms with Crippen LogP contribution in [0.4, 0.5) is 0 Å². The Balaban J connectivity index is 1.41. The highest BCUT2D eigenvalue weighted by Crippen LogP contribution is 2.28. The van der Waals surface area contributed by atoms with Crippen molar-refractivity contribution in [3.63, 3.8) is 0 Å². The van der Waals surface area contributed by atoms with Gasteiger partial charge in [-0.1, -0.05) is 73.2 Å². The first-order valence-corrected chi connectivity index (χ1v) is 10.8. The van der Waals surface area contributed by atoms with E-state index in [1.165, 1.54) is 16.7 Å². The zero-order valence-electron chi connectivity index (χ0n) is 17.6. The quantitative estimate of drug-likeness (QED) is 0.551. The number of methoxy groups -OCH3 is 1. The maximum absolute atomic E-state index is 13.1. The van der Waals surface area contributed by atoms with Crippen molar-refractivity contribution >= 4 is 5.91 Å². The van der Waals surface area contributed by atoms with Gasteiger partial charge in [-0.2, -0.15) is 0 Å². The first-order valence-electron chi connectivity index (χ1n) is 10.8. The topological polar surface area (TPSA) is 29.5 Å². The third-order valence-corrected chi connectivity index (χ3v) is 6.03. The van der Waals surface area contributed by atoms with E-state index in [0.717, 1.165) is 43.7 Å². The van der Waals surface area contributed by atoms with Gasteiger partial charge in [0.2, 0.25) is 5.91 Å². The zero-order valence-corrected chi connectivity index (χ0v) is 17.6. The van der Waals surface area contributed by atoms with Crippen molar-refractivity contribution < 1.29 is 9.53 Å². The number of hydrogen-bond acceptors (Lipinski definition) is 2. The smallest absolute Gasteiger partial charge is 0.227 e. The van der Waals surface area contributed by atoms with Gasteiger partial charge >= 0.3 is 0 Å². The predicted octanol–water partition coefficient (Wildman–Crippen LogP) is 5.70. The van der Waals surface area contributed by atoms with Gasteiger partial charge in [0, 0.05) is 19.0 Å². The Morgan fingerprint density at radius 3 is 2.30 bits per heavy atom. The maximum atomic E-state index is 13.1. The zero-order chi connectivity index (χ0) is 20.8. The van der Waals surface area contributed by atoms with Crippen LogP contribution in [-0.4, -0.2) is 31.0 Å². The average molecular weight is 400 g/mol. The van der Waals surface area contributed by atoms with Gasteiger partial charge in [0.1, 0.15) is 5.75 Å². The van der Waals surface area contributed by atoms with Gasteiger partial charge in [-0.05, 0) is 47.2 Å². The minimum absolute atomic E-state index is 0.225. The number of amides is 1. The SMILES string of the molecule is COc1ccc(C2CCCCN(C(=O)Cc3ccc(-c4ccccc4)cc3)C2)cc1. The first-order chi connectivity index (χ1) is 14.7. The molecule has 0 aromatic heterocycles. The summed E-state index contributed by atoms with van der Waals surface area (Å²) in [7, 11) is 1.69. The summed E-state index contributed by atoms with van der Waals surface area (Å²) >= 11 is 0. The molecule has 3 aromatic carbocycles. The lowest BCUT2D eigenvalue weighted by molar-refractivity contribution is -0.130. The van der Waals surface area contributed by atoms with Crippen LogP contribution in [-0.2, 0) is 11.2 Å². The van der Waals surface area contributed by atoms with Crippen LogP contribution in [0.3, 0.4) is 0 Å². The summed E-state index contributed by atoms with van der Waals surface area (Å²) in [6.07, 6.45) is 3.82. The molecule has 1 amide bonds. The van der Waals surface area contributed by atoms with Crippen molar-refractivity contribution in [3.05, 3.63) is 90.0 Å². The number of carbonyl (C=O) groups excluding carboxylic acids is 1. The summed E-state index contributed by atoms with van der Waals surface area (Å²) in [5.41, 5.74) is 4.75. The normalized spacial score (nSPS) is 16.7. The molecule has 3 heteroatoms. The van der Waals surface area contributed by atoms with E-state index in [4.69, 9.17) is 4.74 Å². The summed E-state index contributed by atoms with van der Waals surface area (Å²) < 4.78 is 5.28. The lowest BCUT2D eigenvalue weighted by Gasteiger charge is -2.25. The van der Waals surface area contributed by atoms with E-state index >= 15 is 0 Å². The fourth-order valence-electron chi connectivity index (χ4n) is 4.25. The Labute approximate surface area is 179 Å². The molecule has 0 radical (unpaired) electrons. The molecule has 1 fully saturated rings. The average Bonchev–Trinajstić information content (AvgIpc) is 3.07. The van der Waals surface area contributed by atoms with Crippen molar-refractivity contribution in [3.8, 4) is 16.9 Å². The fraction of sp³-hybridized carbons (Fsp3) is 0.296. The Morgan fingerprint density at radius 1 is 0.900 bits per heavy atom. The van der Waals surface area contributed by atoms with Crippen LogP contribution in [0.15, 0.2) is 78.9 Å². The number of carbonyl (C=O) groups is 1. The van der Waals surface area contributed by atoms with E-state index in [1.54, 1.807) is 7.11 Å². The van der Waals surface area contributed by atoms with Gasteiger partial charge in [-0.3, -0.25) is 4.79 Å². The number of ether oxygens (including phenoxy) is 1. The van der Waals surface area contributed by atoms with Crippen molar-refractivity contribution in [2.24, 2.45) is 0 Å². The molecule has 3 nitrogen and oxygen atoms in total. The molecule has 30 heavy (non-hydrogen) atoms. The molecule has 0 aliphatic carbocycles. The molecule has 0 bridgehead atoms. The fourth-order valence-corrected chi connectivity index (χ4v) is 4.25. The first kappa shape index (κ1) is 20.2. The van der Waals surface area contributed by atoms with Gasteiger partial charge in [0.15, 0.2) is 0 Å². The van der Waals surface area contributed by atoms with E-state index in [2.05, 4.69) is 53.4 Å². The molecule has 3 aromatic rings. The molecule has 1 saturated heterocycles. The molecule has 1 aliphatic rings. The van der Waals surface area contributed by atoms with Crippen molar-refractivity contribution in [2.75, 3.05) is 20.2 Å². The lowest BCUT2D eigenvalue weighted by Crippen LogP contribution is -2.35. The second-order valence-electron chi connectivity index (χ2n) is 8.05. The molecular formula is C27H29NO2. The van der Waals surface area contributed by atoms with Crippen LogP contribution in [0, 0.1) is 0 Å². The van der Waals surface area contributed by atoms with E-state index in [9.17, 15) is 4.79 Å². The maximum Gasteiger partial charge on any atom is 0.227 e. The molecule has 1 heterocycles. The minimum atomic E-state index is 0.225. The Bertz CT molecular complexity index is 948. The van der Waals surface area contributed by atoms with E-state index in [0.29, 0.717) is 12.3 Å². The van der Waals surface area contributed by atoms with E-state index in [-0.39, 0.29) is 5.91 Å². The second-order valence-corrected chi connectivity index (χ2v) is 8.05. The Morgan fingerprint density at radius 2 is 1.60 bits per heavy atom. The summed E-state index contributed by atoms with van der Waals surface area (Å²) in [6, 6.07) is 27.0. The minimum Gasteiger partial charge on any atom is -0.497 e. The van der Waals surface area contributed by atoms with Gasteiger partial charge in [-0.25, -0.2) is 0 Å². The highest BCUT2D eigenvalue weighted by atomic mass is 16.5. The largest absolute Gasteiger partial charge is 0.497 e. The monoisotopic (exact) mass is 399 g/mol. The van der Waals surface area contributed by atoms with Crippen LogP contribution in [0.2, 0.25) is 0 Å². The van der Waals surface area contributed by atoms with Crippen LogP contribution in [0.5, 0.6) is 5.75 Å². The van der Waals surface area contributed by atoms with Crippen molar-refractivity contribution in [2.45, 2.75) is 31.6 Å². The van der Waals surface area contributed by atoms with Gasteiger partial charge < -0.3 is 9.64 Å². The number of nitrogens with zero attached hydrogens (tertiary/aromatic N) is 1. The highest BCUT2D eigenvalue weighted by molar-refractivity contribution is 5.79. The third-order valence-electron chi connectivity index (χ3n) is 6.03. The van der Waals surface area contributed by atoms with Crippen LogP contribution in [0.25, 0.3) is 11.1 Å². The van der Waals surface area contributed by atoms with E-state index in [1.807, 2.05) is 30.3 Å². The van der Waals surface area contributed by atoms with Crippen LogP contribution >= 0.6 is 0 Å². The number of rotatable bonds is 5. The molecule has 0 saturated carbocycles. The summed E-state index contributed by atoms with van der Waals surface area (Å²) in [6.45, 7) is 1.65. The number of benzene rings is 3. The standard InChI is InChI=1S/C27H29NO2/c1-30-26-16-14-24(15-17-26)25-9-5-6-18-28(20-25)27(29)19-21-10-12-23(13-11-21)22-7-3-2-4-8-22/h2-4,7-8,10-17,25H,5-6,9,18-20H2,1H3. The molecule has 0 spiro atoms. The second kappa shape index (κ2) is 9.62. The molecule has 4 rings (SSSR count). The summed E-state index contributed by atoms with van der Waals surface area (Å²) in [4.78, 5) is 15.1. The highest BCUT2D eigenvalue weighted by Gasteiger charge is 2.23. The van der Waals surface area contributed by atoms with Crippen molar-refractivity contribution in [1.29, 1.82) is 0 Å². The molecule has 1 aliphatic heterocycles. The van der Waals surface area contributed by atoms with Crippen molar-refractivity contribution in [1.82, 2.24) is 4.90 Å². The van der Waals surface area contributed by atoms with Crippen LogP contribution < -0.4 is 4.74 Å². The molecule has 1 unspecified atom stereocenters. The molecule has 154 valence electrons. The van der Waals surface area contributed by atoms with Gasteiger partial charge in [0.05, 0.1) is 13.5 Å². The lowest BCUT2D eigenvalue weighted by atomic mass is 9.94. The Hall–Kier alpha value is -3.07. The summed E-state index contributed by atoms with van der Waals surface area (Å²) in [5, 5.41) is 0. The number of hydrogen-bond donors (Lipinski definition) is 0. The molecule has 1 atom stereocenters. The third kappa shape index (κ3) is 4.91. The summed E-state index contributed by atoms with van der Waals surface area (Å²) in [5.74, 6) is 1.49. The van der Waals surface area contributed by atoms with Gasteiger partial charge in [0.25, 0.3) is 0 Å². The molecule has 0 N–H and O–H groups in total. The molecular weight excluding hydrogens is 370 g/mol. The Kier molecular flexibility index (Phi) is 6.48. The number of likely N-dealkylation sites (tertiary alicyclic amines) is 1. The van der Waals surface area contributed by atoms with Crippen LogP contribution in [0.1, 0.15) is 36.3 Å². The predicted molar refractivity (Wildman–Crippen MR) is 122 cm³/mol.